The lowest BCUT2D eigenvalue weighted by molar-refractivity contribution is -0.121. The van der Waals surface area contributed by atoms with Gasteiger partial charge in [0.15, 0.2) is 0 Å². The van der Waals surface area contributed by atoms with Gasteiger partial charge in [0.1, 0.15) is 0 Å². The summed E-state index contributed by atoms with van der Waals surface area (Å²) in [5.41, 5.74) is 1.08. The fourth-order valence-electron chi connectivity index (χ4n) is 2.33. The number of rotatable bonds is 5. The second-order valence-electron chi connectivity index (χ2n) is 5.06. The SMILES string of the molecule is O=C(CCN1CCCCC1)NCc1ccc(Cl)cc1. The molecule has 1 aliphatic heterocycles. The number of hydrogen-bond acceptors (Lipinski definition) is 2. The normalized spacial score (nSPS) is 16.3. The molecule has 104 valence electrons. The molecule has 3 nitrogen and oxygen atoms in total. The van der Waals surface area contributed by atoms with Crippen LogP contribution in [0, 0.1) is 0 Å². The van der Waals surface area contributed by atoms with Crippen molar-refractivity contribution in [3.8, 4) is 0 Å². The number of piperidine rings is 1. The number of nitrogens with zero attached hydrogens (tertiary/aromatic N) is 1. The molecule has 1 fully saturated rings. The summed E-state index contributed by atoms with van der Waals surface area (Å²) in [7, 11) is 0. The summed E-state index contributed by atoms with van der Waals surface area (Å²) in [6.45, 7) is 3.75. The van der Waals surface area contributed by atoms with Gasteiger partial charge in [0.05, 0.1) is 0 Å². The van der Waals surface area contributed by atoms with Crippen LogP contribution in [0.3, 0.4) is 0 Å². The van der Waals surface area contributed by atoms with Crippen LogP contribution in [0.1, 0.15) is 31.2 Å². The molecule has 0 atom stereocenters. The van der Waals surface area contributed by atoms with Crippen LogP contribution < -0.4 is 5.32 Å². The fraction of sp³-hybridized carbons (Fsp3) is 0.533. The molecule has 19 heavy (non-hydrogen) atoms. The average molecular weight is 281 g/mol. The van der Waals surface area contributed by atoms with E-state index >= 15 is 0 Å². The van der Waals surface area contributed by atoms with Gasteiger partial charge in [-0.15, -0.1) is 0 Å². The zero-order valence-electron chi connectivity index (χ0n) is 11.2. The molecule has 0 aliphatic carbocycles. The van der Waals surface area contributed by atoms with Crippen molar-refractivity contribution in [1.82, 2.24) is 10.2 Å². The van der Waals surface area contributed by atoms with Crippen LogP contribution in [-0.4, -0.2) is 30.4 Å². The Morgan fingerprint density at radius 1 is 1.16 bits per heavy atom. The summed E-state index contributed by atoms with van der Waals surface area (Å²) in [6, 6.07) is 7.56. The van der Waals surface area contributed by atoms with Crippen LogP contribution in [0.25, 0.3) is 0 Å². The Labute approximate surface area is 119 Å². The van der Waals surface area contributed by atoms with Crippen molar-refractivity contribution in [3.05, 3.63) is 34.9 Å². The van der Waals surface area contributed by atoms with Gasteiger partial charge in [-0.1, -0.05) is 30.2 Å². The molecule has 1 heterocycles. The number of carbonyl (C=O) groups excluding carboxylic acids is 1. The van der Waals surface area contributed by atoms with Crippen molar-refractivity contribution in [2.75, 3.05) is 19.6 Å². The third-order valence-electron chi connectivity index (χ3n) is 3.51. The Morgan fingerprint density at radius 3 is 2.53 bits per heavy atom. The van der Waals surface area contributed by atoms with Gasteiger partial charge in [-0.2, -0.15) is 0 Å². The van der Waals surface area contributed by atoms with E-state index < -0.39 is 0 Å². The van der Waals surface area contributed by atoms with E-state index in [9.17, 15) is 4.79 Å². The predicted molar refractivity (Wildman–Crippen MR) is 78.2 cm³/mol. The van der Waals surface area contributed by atoms with E-state index in [0.29, 0.717) is 13.0 Å². The molecular weight excluding hydrogens is 260 g/mol. The molecule has 1 N–H and O–H groups in total. The average Bonchev–Trinajstić information content (AvgIpc) is 2.45. The van der Waals surface area contributed by atoms with E-state index in [4.69, 9.17) is 11.6 Å². The van der Waals surface area contributed by atoms with E-state index in [1.165, 1.54) is 19.3 Å². The quantitative estimate of drug-likeness (QED) is 0.899. The maximum absolute atomic E-state index is 11.8. The standard InChI is InChI=1S/C15H21ClN2O/c16-14-6-4-13(5-7-14)12-17-15(19)8-11-18-9-2-1-3-10-18/h4-7H,1-3,8-12H2,(H,17,19). The molecule has 2 rings (SSSR count). The van der Waals surface area contributed by atoms with E-state index in [1.54, 1.807) is 0 Å². The first-order valence-corrected chi connectivity index (χ1v) is 7.35. The minimum atomic E-state index is 0.125. The first-order chi connectivity index (χ1) is 9.24. The van der Waals surface area contributed by atoms with Gasteiger partial charge in [0.25, 0.3) is 0 Å². The van der Waals surface area contributed by atoms with Crippen molar-refractivity contribution in [2.45, 2.75) is 32.2 Å². The number of nitrogens with one attached hydrogen (secondary N) is 1. The van der Waals surface area contributed by atoms with Crippen molar-refractivity contribution < 1.29 is 4.79 Å². The van der Waals surface area contributed by atoms with E-state index in [0.717, 1.165) is 30.2 Å². The van der Waals surface area contributed by atoms with Gasteiger partial charge in [-0.05, 0) is 43.6 Å². The highest BCUT2D eigenvalue weighted by molar-refractivity contribution is 6.30. The van der Waals surface area contributed by atoms with Crippen LogP contribution in [0.4, 0.5) is 0 Å². The Morgan fingerprint density at radius 2 is 1.84 bits per heavy atom. The third kappa shape index (κ3) is 5.21. The summed E-state index contributed by atoms with van der Waals surface area (Å²) in [5.74, 6) is 0.125. The second kappa shape index (κ2) is 7.51. The van der Waals surface area contributed by atoms with Gasteiger partial charge in [0.2, 0.25) is 5.91 Å². The van der Waals surface area contributed by atoms with Crippen LogP contribution >= 0.6 is 11.6 Å². The maximum Gasteiger partial charge on any atom is 0.221 e. The summed E-state index contributed by atoms with van der Waals surface area (Å²) in [4.78, 5) is 14.1. The molecule has 0 aromatic heterocycles. The summed E-state index contributed by atoms with van der Waals surface area (Å²) < 4.78 is 0. The van der Waals surface area contributed by atoms with Gasteiger partial charge >= 0.3 is 0 Å². The number of halogens is 1. The highest BCUT2D eigenvalue weighted by Gasteiger charge is 2.11. The number of benzene rings is 1. The lowest BCUT2D eigenvalue weighted by atomic mass is 10.1. The summed E-state index contributed by atoms with van der Waals surface area (Å²) >= 11 is 5.82. The van der Waals surface area contributed by atoms with E-state index in [2.05, 4.69) is 10.2 Å². The van der Waals surface area contributed by atoms with Crippen molar-refractivity contribution in [3.63, 3.8) is 0 Å². The lowest BCUT2D eigenvalue weighted by Crippen LogP contribution is -2.34. The fourth-order valence-corrected chi connectivity index (χ4v) is 2.46. The lowest BCUT2D eigenvalue weighted by Gasteiger charge is -2.25. The molecule has 1 aromatic rings. The molecule has 1 saturated heterocycles. The molecule has 1 amide bonds. The van der Waals surface area contributed by atoms with Gasteiger partial charge in [-0.3, -0.25) is 4.79 Å². The first-order valence-electron chi connectivity index (χ1n) is 6.97. The van der Waals surface area contributed by atoms with Gasteiger partial charge in [-0.25, -0.2) is 0 Å². The molecule has 4 heteroatoms. The van der Waals surface area contributed by atoms with Gasteiger partial charge in [0, 0.05) is 24.5 Å². The minimum absolute atomic E-state index is 0.125. The van der Waals surface area contributed by atoms with E-state index in [-0.39, 0.29) is 5.91 Å². The van der Waals surface area contributed by atoms with Crippen molar-refractivity contribution in [1.29, 1.82) is 0 Å². The largest absolute Gasteiger partial charge is 0.352 e. The maximum atomic E-state index is 11.8. The van der Waals surface area contributed by atoms with E-state index in [1.807, 2.05) is 24.3 Å². The van der Waals surface area contributed by atoms with Crippen LogP contribution in [-0.2, 0) is 11.3 Å². The smallest absolute Gasteiger partial charge is 0.221 e. The zero-order valence-corrected chi connectivity index (χ0v) is 12.0. The predicted octanol–water partition coefficient (Wildman–Crippen LogP) is 2.83. The second-order valence-corrected chi connectivity index (χ2v) is 5.49. The number of carbonyl (C=O) groups is 1. The molecule has 0 saturated carbocycles. The molecule has 1 aliphatic rings. The van der Waals surface area contributed by atoms with Crippen molar-refractivity contribution in [2.24, 2.45) is 0 Å². The Balaban J connectivity index is 1.65. The van der Waals surface area contributed by atoms with Gasteiger partial charge < -0.3 is 10.2 Å². The monoisotopic (exact) mass is 280 g/mol. The first kappa shape index (κ1) is 14.4. The van der Waals surface area contributed by atoms with Crippen LogP contribution in [0.5, 0.6) is 0 Å². The summed E-state index contributed by atoms with van der Waals surface area (Å²) in [5, 5.41) is 3.67. The molecule has 0 bridgehead atoms. The Hall–Kier alpha value is -1.06. The molecule has 0 unspecified atom stereocenters. The highest BCUT2D eigenvalue weighted by Crippen LogP contribution is 2.10. The van der Waals surface area contributed by atoms with Crippen LogP contribution in [0.15, 0.2) is 24.3 Å². The van der Waals surface area contributed by atoms with Crippen LogP contribution in [0.2, 0.25) is 5.02 Å². The molecule has 1 aromatic carbocycles. The highest BCUT2D eigenvalue weighted by atomic mass is 35.5. The third-order valence-corrected chi connectivity index (χ3v) is 3.76. The topological polar surface area (TPSA) is 32.3 Å². The molecular formula is C15H21ClN2O. The number of amides is 1. The Bertz CT molecular complexity index is 399. The summed E-state index contributed by atoms with van der Waals surface area (Å²) in [6.07, 6.45) is 4.46. The Kier molecular flexibility index (Phi) is 5.67. The zero-order chi connectivity index (χ0) is 13.5. The minimum Gasteiger partial charge on any atom is -0.352 e. The molecule has 0 spiro atoms. The van der Waals surface area contributed by atoms with Crippen molar-refractivity contribution >= 4 is 17.5 Å². The molecule has 0 radical (unpaired) electrons. The number of hydrogen-bond donors (Lipinski definition) is 1. The number of likely N-dealkylation sites (tertiary alicyclic amines) is 1.